The molecule has 0 saturated carbocycles. The van der Waals surface area contributed by atoms with Crippen LogP contribution in [0.4, 0.5) is 8.78 Å². The van der Waals surface area contributed by atoms with Gasteiger partial charge in [0.15, 0.2) is 5.82 Å². The highest BCUT2D eigenvalue weighted by atomic mass is 19.1. The number of halogens is 2. The average molecular weight is 355 g/mol. The van der Waals surface area contributed by atoms with E-state index in [4.69, 9.17) is 10.00 Å². The second-order valence-electron chi connectivity index (χ2n) is 5.27. The fourth-order valence-electron chi connectivity index (χ4n) is 2.45. The predicted octanol–water partition coefficient (Wildman–Crippen LogP) is 2.56. The number of carbonyl (C=O) groups is 1. The van der Waals surface area contributed by atoms with E-state index in [1.807, 2.05) is 6.07 Å². The van der Waals surface area contributed by atoms with Crippen molar-refractivity contribution >= 4 is 16.9 Å². The van der Waals surface area contributed by atoms with Crippen LogP contribution in [-0.4, -0.2) is 15.5 Å². The molecule has 130 valence electrons. The van der Waals surface area contributed by atoms with Gasteiger partial charge >= 0.3 is 5.97 Å². The molecule has 0 aliphatic rings. The molecule has 0 radical (unpaired) electrons. The highest BCUT2D eigenvalue weighted by Gasteiger charge is 2.20. The molecule has 0 saturated heterocycles. The van der Waals surface area contributed by atoms with E-state index >= 15 is 0 Å². The second kappa shape index (κ2) is 7.11. The van der Waals surface area contributed by atoms with Crippen LogP contribution in [0.1, 0.15) is 16.2 Å². The van der Waals surface area contributed by atoms with Gasteiger partial charge in [-0.25, -0.2) is 18.6 Å². The Bertz CT molecular complexity index is 1080. The monoisotopic (exact) mass is 355 g/mol. The Morgan fingerprint density at radius 2 is 1.85 bits per heavy atom. The molecule has 3 aromatic rings. The van der Waals surface area contributed by atoms with Crippen molar-refractivity contribution < 1.29 is 18.3 Å². The van der Waals surface area contributed by atoms with Crippen LogP contribution in [0.5, 0.6) is 0 Å². The largest absolute Gasteiger partial charge is 0.454 e. The lowest BCUT2D eigenvalue weighted by atomic mass is 10.2. The van der Waals surface area contributed by atoms with E-state index in [0.29, 0.717) is 10.9 Å². The van der Waals surface area contributed by atoms with Crippen molar-refractivity contribution in [1.29, 1.82) is 5.26 Å². The number of fused-ring (bicyclic) bond motifs is 1. The number of rotatable bonds is 4. The second-order valence-corrected chi connectivity index (χ2v) is 5.27. The fraction of sp³-hybridized carbons (Fsp3) is 0.111. The summed E-state index contributed by atoms with van der Waals surface area (Å²) in [4.78, 5) is 28.7. The Morgan fingerprint density at radius 3 is 2.54 bits per heavy atom. The third-order valence-electron chi connectivity index (χ3n) is 3.67. The van der Waals surface area contributed by atoms with Crippen molar-refractivity contribution in [1.82, 2.24) is 9.55 Å². The number of hydrogen-bond acceptors (Lipinski definition) is 5. The molecular formula is C18H11F2N3O3. The topological polar surface area (TPSA) is 85.0 Å². The summed E-state index contributed by atoms with van der Waals surface area (Å²) >= 11 is 0. The Hall–Kier alpha value is -3.60. The van der Waals surface area contributed by atoms with Gasteiger partial charge in [0.25, 0.3) is 5.56 Å². The van der Waals surface area contributed by atoms with Gasteiger partial charge in [-0.15, -0.1) is 0 Å². The summed E-state index contributed by atoms with van der Waals surface area (Å²) in [5, 5.41) is 9.23. The van der Waals surface area contributed by atoms with Crippen LogP contribution < -0.4 is 5.56 Å². The zero-order valence-corrected chi connectivity index (χ0v) is 13.3. The van der Waals surface area contributed by atoms with Crippen molar-refractivity contribution in [2.75, 3.05) is 0 Å². The summed E-state index contributed by atoms with van der Waals surface area (Å²) in [6.45, 7) is -0.827. The Morgan fingerprint density at radius 1 is 1.15 bits per heavy atom. The predicted molar refractivity (Wildman–Crippen MR) is 87.1 cm³/mol. The molecular weight excluding hydrogens is 344 g/mol. The number of ether oxygens (including phenoxy) is 1. The molecule has 2 aromatic carbocycles. The van der Waals surface area contributed by atoms with Gasteiger partial charge in [-0.2, -0.15) is 5.26 Å². The quantitative estimate of drug-likeness (QED) is 0.672. The molecule has 0 fully saturated rings. The minimum atomic E-state index is -1.23. The third kappa shape index (κ3) is 3.15. The van der Waals surface area contributed by atoms with Crippen LogP contribution >= 0.6 is 0 Å². The van der Waals surface area contributed by atoms with E-state index < -0.39 is 35.3 Å². The SMILES string of the molecule is N#CCn1c(COC(=O)c2c(F)cccc2F)nc2ccccc2c1=O. The Kier molecular flexibility index (Phi) is 4.71. The highest BCUT2D eigenvalue weighted by molar-refractivity contribution is 5.90. The van der Waals surface area contributed by atoms with Gasteiger partial charge in [-0.3, -0.25) is 9.36 Å². The van der Waals surface area contributed by atoms with Crippen molar-refractivity contribution in [3.8, 4) is 6.07 Å². The van der Waals surface area contributed by atoms with Crippen molar-refractivity contribution in [3.63, 3.8) is 0 Å². The van der Waals surface area contributed by atoms with Crippen molar-refractivity contribution in [2.45, 2.75) is 13.2 Å². The van der Waals surface area contributed by atoms with Crippen LogP contribution in [-0.2, 0) is 17.9 Å². The number of benzene rings is 2. The van der Waals surface area contributed by atoms with Crippen LogP contribution in [0.25, 0.3) is 10.9 Å². The Balaban J connectivity index is 1.96. The maximum atomic E-state index is 13.6. The molecule has 1 heterocycles. The molecule has 1 aromatic heterocycles. The molecule has 0 atom stereocenters. The number of esters is 1. The zero-order chi connectivity index (χ0) is 18.7. The van der Waals surface area contributed by atoms with E-state index in [0.717, 1.165) is 22.8 Å². The van der Waals surface area contributed by atoms with Gasteiger partial charge in [0, 0.05) is 0 Å². The maximum absolute atomic E-state index is 13.6. The van der Waals surface area contributed by atoms with E-state index in [9.17, 15) is 18.4 Å². The van der Waals surface area contributed by atoms with E-state index in [-0.39, 0.29) is 12.4 Å². The van der Waals surface area contributed by atoms with Crippen molar-refractivity contribution in [2.24, 2.45) is 0 Å². The first-order chi connectivity index (χ1) is 12.5. The smallest absolute Gasteiger partial charge is 0.344 e. The molecule has 0 N–H and O–H groups in total. The minimum Gasteiger partial charge on any atom is -0.454 e. The Labute approximate surface area is 145 Å². The molecule has 0 aliphatic carbocycles. The van der Waals surface area contributed by atoms with Gasteiger partial charge in [-0.05, 0) is 24.3 Å². The molecule has 0 unspecified atom stereocenters. The van der Waals surface area contributed by atoms with Crippen LogP contribution in [0, 0.1) is 23.0 Å². The number of nitriles is 1. The molecule has 0 spiro atoms. The standard InChI is InChI=1S/C18H11F2N3O3/c19-12-5-3-6-13(20)16(12)18(25)26-10-15-22-14-7-2-1-4-11(14)17(24)23(15)9-8-21/h1-7H,9-10H2. The highest BCUT2D eigenvalue weighted by Crippen LogP contribution is 2.15. The lowest BCUT2D eigenvalue weighted by molar-refractivity contribution is 0.0446. The van der Waals surface area contributed by atoms with E-state index in [2.05, 4.69) is 4.98 Å². The van der Waals surface area contributed by atoms with Crippen LogP contribution in [0.2, 0.25) is 0 Å². The molecule has 0 aliphatic heterocycles. The average Bonchev–Trinajstić information content (AvgIpc) is 2.62. The maximum Gasteiger partial charge on any atom is 0.344 e. The molecule has 0 amide bonds. The normalized spacial score (nSPS) is 10.5. The molecule has 8 heteroatoms. The van der Waals surface area contributed by atoms with E-state index in [1.165, 1.54) is 0 Å². The molecule has 0 bridgehead atoms. The number of para-hydroxylation sites is 1. The first-order valence-electron chi connectivity index (χ1n) is 7.49. The van der Waals surface area contributed by atoms with Crippen molar-refractivity contribution in [3.05, 3.63) is 75.8 Å². The third-order valence-corrected chi connectivity index (χ3v) is 3.67. The van der Waals surface area contributed by atoms with Gasteiger partial charge in [-0.1, -0.05) is 18.2 Å². The number of hydrogen-bond donors (Lipinski definition) is 0. The number of aromatic nitrogens is 2. The summed E-state index contributed by atoms with van der Waals surface area (Å²) in [7, 11) is 0. The summed E-state index contributed by atoms with van der Waals surface area (Å²) in [6.07, 6.45) is 0. The minimum absolute atomic E-state index is 0.000322. The van der Waals surface area contributed by atoms with E-state index in [1.54, 1.807) is 24.3 Å². The van der Waals surface area contributed by atoms with Gasteiger partial charge in [0.05, 0.1) is 17.0 Å². The van der Waals surface area contributed by atoms with Crippen LogP contribution in [0.3, 0.4) is 0 Å². The first-order valence-corrected chi connectivity index (χ1v) is 7.49. The number of nitrogens with zero attached hydrogens (tertiary/aromatic N) is 3. The summed E-state index contributed by atoms with van der Waals surface area (Å²) in [6, 6.07) is 11.3. The van der Waals surface area contributed by atoms with Gasteiger partial charge in [0.2, 0.25) is 0 Å². The molecule has 6 nitrogen and oxygen atoms in total. The summed E-state index contributed by atoms with van der Waals surface area (Å²) in [5.74, 6) is -3.35. The van der Waals surface area contributed by atoms with Gasteiger partial charge < -0.3 is 4.74 Å². The number of carbonyl (C=O) groups excluding carboxylic acids is 1. The summed E-state index contributed by atoms with van der Waals surface area (Å²) in [5.41, 5.74) is -0.947. The molecule has 26 heavy (non-hydrogen) atoms. The lowest BCUT2D eigenvalue weighted by Crippen LogP contribution is -2.26. The van der Waals surface area contributed by atoms with Gasteiger partial charge in [0.1, 0.15) is 30.3 Å². The molecule has 3 rings (SSSR count). The zero-order valence-electron chi connectivity index (χ0n) is 13.3. The lowest BCUT2D eigenvalue weighted by Gasteiger charge is -2.11. The first kappa shape index (κ1) is 17.2. The van der Waals surface area contributed by atoms with Crippen LogP contribution in [0.15, 0.2) is 47.3 Å². The summed E-state index contributed by atoms with van der Waals surface area (Å²) < 4.78 is 33.3. The fourth-order valence-corrected chi connectivity index (χ4v) is 2.45.